The Kier molecular flexibility index (Phi) is 4.00. The van der Waals surface area contributed by atoms with E-state index in [1.54, 1.807) is 7.11 Å². The molecule has 17 heavy (non-hydrogen) atoms. The number of rotatable bonds is 5. The van der Waals surface area contributed by atoms with Crippen LogP contribution in [0.2, 0.25) is 0 Å². The zero-order chi connectivity index (χ0) is 12.1. The molecule has 94 valence electrons. The zero-order valence-electron chi connectivity index (χ0n) is 10.8. The largest absolute Gasteiger partial charge is 0.481 e. The molecular formula is C14H22N2O. The summed E-state index contributed by atoms with van der Waals surface area (Å²) >= 11 is 0. The summed E-state index contributed by atoms with van der Waals surface area (Å²) in [5.41, 5.74) is 1.55. The first-order valence-electron chi connectivity index (χ1n) is 6.42. The molecular weight excluding hydrogens is 212 g/mol. The summed E-state index contributed by atoms with van der Waals surface area (Å²) in [6.07, 6.45) is 5.47. The van der Waals surface area contributed by atoms with Gasteiger partial charge in [-0.15, -0.1) is 0 Å². The molecule has 1 saturated carbocycles. The van der Waals surface area contributed by atoms with Gasteiger partial charge in [0.15, 0.2) is 0 Å². The molecule has 0 saturated heterocycles. The van der Waals surface area contributed by atoms with Crippen LogP contribution in [-0.2, 0) is 6.54 Å². The maximum Gasteiger partial charge on any atom is 0.213 e. The van der Waals surface area contributed by atoms with E-state index in [0.717, 1.165) is 18.8 Å². The van der Waals surface area contributed by atoms with Crippen LogP contribution < -0.4 is 10.1 Å². The highest BCUT2D eigenvalue weighted by molar-refractivity contribution is 5.15. The van der Waals surface area contributed by atoms with E-state index in [9.17, 15) is 0 Å². The SMILES string of the molecule is COc1cccc(CNCC2(C)CCCC2)n1. The zero-order valence-corrected chi connectivity index (χ0v) is 10.8. The van der Waals surface area contributed by atoms with Gasteiger partial charge in [0.05, 0.1) is 12.8 Å². The monoisotopic (exact) mass is 234 g/mol. The fourth-order valence-electron chi connectivity index (χ4n) is 2.57. The van der Waals surface area contributed by atoms with Crippen LogP contribution in [0.5, 0.6) is 5.88 Å². The molecule has 0 atom stereocenters. The quantitative estimate of drug-likeness (QED) is 0.850. The maximum atomic E-state index is 5.12. The standard InChI is InChI=1S/C14H22N2O/c1-14(8-3-4-9-14)11-15-10-12-6-5-7-13(16-12)17-2/h5-7,15H,3-4,8-11H2,1-2H3. The molecule has 0 radical (unpaired) electrons. The molecule has 1 N–H and O–H groups in total. The Morgan fingerprint density at radius 3 is 2.82 bits per heavy atom. The molecule has 3 nitrogen and oxygen atoms in total. The highest BCUT2D eigenvalue weighted by Crippen LogP contribution is 2.36. The van der Waals surface area contributed by atoms with Gasteiger partial charge in [0.25, 0.3) is 0 Å². The molecule has 0 aromatic carbocycles. The maximum absolute atomic E-state index is 5.12. The summed E-state index contributed by atoms with van der Waals surface area (Å²) in [4.78, 5) is 4.39. The van der Waals surface area contributed by atoms with Crippen molar-refractivity contribution in [1.29, 1.82) is 0 Å². The summed E-state index contributed by atoms with van der Waals surface area (Å²) in [5, 5.41) is 3.52. The molecule has 1 fully saturated rings. The predicted octanol–water partition coefficient (Wildman–Crippen LogP) is 2.76. The van der Waals surface area contributed by atoms with Crippen LogP contribution in [0.4, 0.5) is 0 Å². The molecule has 0 aliphatic heterocycles. The van der Waals surface area contributed by atoms with Gasteiger partial charge in [-0.2, -0.15) is 0 Å². The van der Waals surface area contributed by atoms with E-state index in [1.165, 1.54) is 25.7 Å². The average molecular weight is 234 g/mol. The molecule has 0 unspecified atom stereocenters. The Morgan fingerprint density at radius 1 is 1.35 bits per heavy atom. The second kappa shape index (κ2) is 5.50. The Labute approximate surface area is 104 Å². The lowest BCUT2D eigenvalue weighted by molar-refractivity contribution is 0.313. The van der Waals surface area contributed by atoms with Crippen molar-refractivity contribution >= 4 is 0 Å². The Hall–Kier alpha value is -1.09. The van der Waals surface area contributed by atoms with E-state index >= 15 is 0 Å². The number of methoxy groups -OCH3 is 1. The normalized spacial score (nSPS) is 18.2. The van der Waals surface area contributed by atoms with Crippen molar-refractivity contribution in [2.75, 3.05) is 13.7 Å². The third-order valence-electron chi connectivity index (χ3n) is 3.66. The summed E-state index contributed by atoms with van der Waals surface area (Å²) in [6.45, 7) is 4.30. The number of ether oxygens (including phenoxy) is 1. The van der Waals surface area contributed by atoms with Gasteiger partial charge >= 0.3 is 0 Å². The van der Waals surface area contributed by atoms with E-state index in [4.69, 9.17) is 4.74 Å². The molecule has 1 aliphatic rings. The molecule has 2 rings (SSSR count). The van der Waals surface area contributed by atoms with Crippen molar-refractivity contribution in [2.45, 2.75) is 39.2 Å². The van der Waals surface area contributed by atoms with Gasteiger partial charge < -0.3 is 10.1 Å². The van der Waals surface area contributed by atoms with Crippen molar-refractivity contribution in [1.82, 2.24) is 10.3 Å². The second-order valence-corrected chi connectivity index (χ2v) is 5.29. The van der Waals surface area contributed by atoms with E-state index in [2.05, 4.69) is 17.2 Å². The number of pyridine rings is 1. The molecule has 0 spiro atoms. The fourth-order valence-corrected chi connectivity index (χ4v) is 2.57. The van der Waals surface area contributed by atoms with Gasteiger partial charge in [-0.1, -0.05) is 25.8 Å². The van der Waals surface area contributed by atoms with Gasteiger partial charge in [-0.05, 0) is 24.3 Å². The number of aromatic nitrogens is 1. The lowest BCUT2D eigenvalue weighted by Crippen LogP contribution is -2.29. The smallest absolute Gasteiger partial charge is 0.213 e. The third-order valence-corrected chi connectivity index (χ3v) is 3.66. The van der Waals surface area contributed by atoms with Crippen molar-refractivity contribution in [2.24, 2.45) is 5.41 Å². The molecule has 0 amide bonds. The number of nitrogens with one attached hydrogen (secondary N) is 1. The van der Waals surface area contributed by atoms with Crippen molar-refractivity contribution in [3.63, 3.8) is 0 Å². The lowest BCUT2D eigenvalue weighted by atomic mass is 9.89. The van der Waals surface area contributed by atoms with Crippen LogP contribution in [0.3, 0.4) is 0 Å². The van der Waals surface area contributed by atoms with Crippen LogP contribution >= 0.6 is 0 Å². The Balaban J connectivity index is 1.81. The Morgan fingerprint density at radius 2 is 2.12 bits per heavy atom. The van der Waals surface area contributed by atoms with Gasteiger partial charge in [0, 0.05) is 19.2 Å². The summed E-state index contributed by atoms with van der Waals surface area (Å²) < 4.78 is 5.12. The fraction of sp³-hybridized carbons (Fsp3) is 0.643. The third kappa shape index (κ3) is 3.43. The van der Waals surface area contributed by atoms with Gasteiger partial charge in [-0.25, -0.2) is 4.98 Å². The van der Waals surface area contributed by atoms with Crippen LogP contribution in [0, 0.1) is 5.41 Å². The van der Waals surface area contributed by atoms with E-state index in [1.807, 2.05) is 18.2 Å². The lowest BCUT2D eigenvalue weighted by Gasteiger charge is -2.23. The van der Waals surface area contributed by atoms with Crippen LogP contribution in [0.15, 0.2) is 18.2 Å². The average Bonchev–Trinajstić information content (AvgIpc) is 2.77. The van der Waals surface area contributed by atoms with Crippen molar-refractivity contribution in [3.05, 3.63) is 23.9 Å². The first-order chi connectivity index (χ1) is 8.22. The van der Waals surface area contributed by atoms with Crippen LogP contribution in [0.1, 0.15) is 38.3 Å². The summed E-state index contributed by atoms with van der Waals surface area (Å²) in [7, 11) is 1.65. The van der Waals surface area contributed by atoms with Gasteiger partial charge in [-0.3, -0.25) is 0 Å². The van der Waals surface area contributed by atoms with E-state index in [0.29, 0.717) is 11.3 Å². The number of nitrogens with zero attached hydrogens (tertiary/aromatic N) is 1. The van der Waals surface area contributed by atoms with Crippen molar-refractivity contribution in [3.8, 4) is 5.88 Å². The second-order valence-electron chi connectivity index (χ2n) is 5.29. The predicted molar refractivity (Wildman–Crippen MR) is 69.1 cm³/mol. The summed E-state index contributed by atoms with van der Waals surface area (Å²) in [6, 6.07) is 5.90. The molecule has 0 bridgehead atoms. The van der Waals surface area contributed by atoms with Crippen LogP contribution in [-0.4, -0.2) is 18.6 Å². The molecule has 1 aromatic rings. The van der Waals surface area contributed by atoms with Gasteiger partial charge in [0.1, 0.15) is 0 Å². The molecule has 1 heterocycles. The minimum Gasteiger partial charge on any atom is -0.481 e. The van der Waals surface area contributed by atoms with Gasteiger partial charge in [0.2, 0.25) is 5.88 Å². The minimum absolute atomic E-state index is 0.499. The number of hydrogen-bond acceptors (Lipinski definition) is 3. The van der Waals surface area contributed by atoms with E-state index in [-0.39, 0.29) is 0 Å². The molecule has 3 heteroatoms. The minimum atomic E-state index is 0.499. The van der Waals surface area contributed by atoms with Crippen molar-refractivity contribution < 1.29 is 4.74 Å². The molecule has 1 aliphatic carbocycles. The Bertz CT molecular complexity index is 359. The topological polar surface area (TPSA) is 34.1 Å². The van der Waals surface area contributed by atoms with E-state index < -0.39 is 0 Å². The first kappa shape index (κ1) is 12.4. The highest BCUT2D eigenvalue weighted by atomic mass is 16.5. The first-order valence-corrected chi connectivity index (χ1v) is 6.42. The van der Waals surface area contributed by atoms with Crippen LogP contribution in [0.25, 0.3) is 0 Å². The number of hydrogen-bond donors (Lipinski definition) is 1. The summed E-state index contributed by atoms with van der Waals surface area (Å²) in [5.74, 6) is 0.691. The molecule has 1 aromatic heterocycles. The highest BCUT2D eigenvalue weighted by Gasteiger charge is 2.27.